The summed E-state index contributed by atoms with van der Waals surface area (Å²) >= 11 is 0. The van der Waals surface area contributed by atoms with E-state index in [-0.39, 0.29) is 0 Å². The van der Waals surface area contributed by atoms with Crippen molar-refractivity contribution in [3.8, 4) is 0 Å². The summed E-state index contributed by atoms with van der Waals surface area (Å²) in [6.45, 7) is 0. The van der Waals surface area contributed by atoms with Crippen molar-refractivity contribution in [2.75, 3.05) is 28.2 Å². The van der Waals surface area contributed by atoms with Crippen LogP contribution in [0.1, 0.15) is 0 Å². The standard InChI is InChI=1S/C4H15N4P/c1-5-9(6-2,7-3)8-4/h5-7H,1-4H3. The molecule has 0 radical (unpaired) electrons. The van der Waals surface area contributed by atoms with Crippen LogP contribution >= 0.6 is 7.51 Å². The molecule has 0 heterocycles. The molecular formula is C4H15N4P. The van der Waals surface area contributed by atoms with E-state index in [0.29, 0.717) is 0 Å². The van der Waals surface area contributed by atoms with Gasteiger partial charge < -0.3 is 0 Å². The second kappa shape index (κ2) is 4.01. The van der Waals surface area contributed by atoms with Crippen molar-refractivity contribution >= 4 is 7.51 Å². The van der Waals surface area contributed by atoms with Crippen LogP contribution in [0.2, 0.25) is 0 Å². The number of hydrogen-bond donors (Lipinski definition) is 3. The first-order chi connectivity index (χ1) is 4.24. The van der Waals surface area contributed by atoms with Gasteiger partial charge in [0, 0.05) is 7.05 Å². The molecule has 5 heteroatoms. The summed E-state index contributed by atoms with van der Waals surface area (Å²) in [4.78, 5) is 0. The summed E-state index contributed by atoms with van der Waals surface area (Å²) in [7, 11) is 5.89. The van der Waals surface area contributed by atoms with Gasteiger partial charge in [-0.15, -0.1) is 0 Å². The normalized spacial score (nSPS) is 11.6. The molecule has 0 fully saturated rings. The predicted molar refractivity (Wildman–Crippen MR) is 42.5 cm³/mol. The number of nitrogens with one attached hydrogen (secondary N) is 3. The van der Waals surface area contributed by atoms with Gasteiger partial charge in [0.2, 0.25) is 0 Å². The Hall–Kier alpha value is 0.110. The maximum absolute atomic E-state index is 4.15. The lowest BCUT2D eigenvalue weighted by atomic mass is 11.6. The van der Waals surface area contributed by atoms with Crippen molar-refractivity contribution in [1.29, 1.82) is 0 Å². The van der Waals surface area contributed by atoms with Crippen molar-refractivity contribution in [1.82, 2.24) is 15.3 Å². The van der Waals surface area contributed by atoms with E-state index in [1.807, 2.05) is 21.1 Å². The van der Waals surface area contributed by atoms with E-state index in [0.717, 1.165) is 0 Å². The quantitative estimate of drug-likeness (QED) is 0.504. The summed E-state index contributed by atoms with van der Waals surface area (Å²) in [6, 6.07) is 0. The van der Waals surface area contributed by atoms with E-state index < -0.39 is 7.51 Å². The maximum atomic E-state index is 4.15. The van der Waals surface area contributed by atoms with Gasteiger partial charge in [-0.05, 0) is 21.1 Å². The Morgan fingerprint density at radius 2 is 1.33 bits per heavy atom. The maximum Gasteiger partial charge on any atom is 0.158 e. The molecule has 0 spiro atoms. The third-order valence-electron chi connectivity index (χ3n) is 1.27. The van der Waals surface area contributed by atoms with Gasteiger partial charge in [-0.3, -0.25) is 20.0 Å². The van der Waals surface area contributed by atoms with Crippen LogP contribution in [0.25, 0.3) is 0 Å². The predicted octanol–water partition coefficient (Wildman–Crippen LogP) is 0.221. The summed E-state index contributed by atoms with van der Waals surface area (Å²) in [5.74, 6) is 0. The Bertz CT molecular complexity index is 103. The lowest BCUT2D eigenvalue weighted by molar-refractivity contribution is 1.03. The Kier molecular flexibility index (Phi) is 4.06. The largest absolute Gasteiger partial charge is 0.264 e. The van der Waals surface area contributed by atoms with E-state index in [4.69, 9.17) is 0 Å². The van der Waals surface area contributed by atoms with Gasteiger partial charge in [0.25, 0.3) is 0 Å². The molecule has 0 aromatic rings. The summed E-state index contributed by atoms with van der Waals surface area (Å²) in [5, 5.41) is 9.26. The number of nitrogens with zero attached hydrogens (tertiary/aromatic N) is 1. The molecule has 3 N–H and O–H groups in total. The minimum Gasteiger partial charge on any atom is -0.264 e. The van der Waals surface area contributed by atoms with E-state index in [1.54, 1.807) is 7.05 Å². The Balaban J connectivity index is 4.20. The van der Waals surface area contributed by atoms with E-state index in [1.165, 1.54) is 0 Å². The minimum absolute atomic E-state index is 1.54. The van der Waals surface area contributed by atoms with Gasteiger partial charge in [0.1, 0.15) is 0 Å². The molecular weight excluding hydrogens is 135 g/mol. The Labute approximate surface area is 56.6 Å². The number of rotatable bonds is 3. The van der Waals surface area contributed by atoms with Crippen LogP contribution in [0.5, 0.6) is 0 Å². The van der Waals surface area contributed by atoms with Gasteiger partial charge in [0.05, 0.1) is 0 Å². The SMILES string of the molecule is CN=P(NC)(NC)NC. The van der Waals surface area contributed by atoms with Gasteiger partial charge in [-0.1, -0.05) is 0 Å². The van der Waals surface area contributed by atoms with Crippen molar-refractivity contribution in [3.05, 3.63) is 0 Å². The topological polar surface area (TPSA) is 48.5 Å². The van der Waals surface area contributed by atoms with Gasteiger partial charge in [-0.25, -0.2) is 0 Å². The first-order valence-electron chi connectivity index (χ1n) is 2.82. The molecule has 9 heavy (non-hydrogen) atoms. The minimum atomic E-state index is -1.54. The molecule has 0 aliphatic rings. The first kappa shape index (κ1) is 9.11. The van der Waals surface area contributed by atoms with Crippen LogP contribution in [0.3, 0.4) is 0 Å². The molecule has 0 aliphatic heterocycles. The molecule has 4 nitrogen and oxygen atoms in total. The summed E-state index contributed by atoms with van der Waals surface area (Å²) in [5.41, 5.74) is 0. The second-order valence-corrected chi connectivity index (χ2v) is 4.52. The van der Waals surface area contributed by atoms with Crippen molar-refractivity contribution in [2.45, 2.75) is 0 Å². The lowest BCUT2D eigenvalue weighted by Gasteiger charge is -2.20. The zero-order chi connectivity index (χ0) is 7.33. The molecule has 0 amide bonds. The highest BCUT2D eigenvalue weighted by molar-refractivity contribution is 7.60. The molecule has 0 aromatic heterocycles. The first-order valence-corrected chi connectivity index (χ1v) is 4.56. The number of hydrogen-bond acceptors (Lipinski definition) is 1. The average Bonchev–Trinajstić information content (AvgIpc) is 1.95. The molecule has 0 saturated carbocycles. The van der Waals surface area contributed by atoms with E-state index in [2.05, 4.69) is 20.0 Å². The highest BCUT2D eigenvalue weighted by atomic mass is 31.2. The molecule has 0 atom stereocenters. The lowest BCUT2D eigenvalue weighted by Crippen LogP contribution is -2.25. The fraction of sp³-hybridized carbons (Fsp3) is 1.00. The highest BCUT2D eigenvalue weighted by Gasteiger charge is 2.06. The molecule has 0 rings (SSSR count). The smallest absolute Gasteiger partial charge is 0.158 e. The molecule has 0 aromatic carbocycles. The third kappa shape index (κ3) is 2.06. The molecule has 0 aliphatic carbocycles. The van der Waals surface area contributed by atoms with Crippen LogP contribution < -0.4 is 15.3 Å². The average molecular weight is 150 g/mol. The van der Waals surface area contributed by atoms with Crippen molar-refractivity contribution < 1.29 is 0 Å². The van der Waals surface area contributed by atoms with Crippen LogP contribution in [0.4, 0.5) is 0 Å². The Morgan fingerprint density at radius 1 is 1.00 bits per heavy atom. The fourth-order valence-electron chi connectivity index (χ4n) is 0.635. The van der Waals surface area contributed by atoms with Crippen LogP contribution in [0, 0.1) is 0 Å². The van der Waals surface area contributed by atoms with Crippen molar-refractivity contribution in [3.63, 3.8) is 0 Å². The summed E-state index contributed by atoms with van der Waals surface area (Å²) in [6.07, 6.45) is 0. The molecule has 0 saturated heterocycles. The zero-order valence-corrected chi connectivity index (χ0v) is 7.29. The van der Waals surface area contributed by atoms with Gasteiger partial charge >= 0.3 is 0 Å². The molecule has 56 valence electrons. The van der Waals surface area contributed by atoms with E-state index in [9.17, 15) is 0 Å². The molecule has 0 bridgehead atoms. The van der Waals surface area contributed by atoms with Gasteiger partial charge in [-0.2, -0.15) is 0 Å². The van der Waals surface area contributed by atoms with Crippen molar-refractivity contribution in [2.24, 2.45) is 4.74 Å². The second-order valence-electron chi connectivity index (χ2n) is 1.51. The molecule has 0 unspecified atom stereocenters. The fourth-order valence-corrected chi connectivity index (χ4v) is 1.91. The highest BCUT2D eigenvalue weighted by Crippen LogP contribution is 2.30. The Morgan fingerprint density at radius 3 is 1.33 bits per heavy atom. The summed E-state index contributed by atoms with van der Waals surface area (Å²) < 4.78 is 4.15. The zero-order valence-electron chi connectivity index (χ0n) is 6.39. The third-order valence-corrected chi connectivity index (χ3v) is 3.81. The van der Waals surface area contributed by atoms with Crippen LogP contribution in [-0.4, -0.2) is 28.2 Å². The van der Waals surface area contributed by atoms with Gasteiger partial charge in [0.15, 0.2) is 7.51 Å². The van der Waals surface area contributed by atoms with Crippen LogP contribution in [-0.2, 0) is 0 Å². The van der Waals surface area contributed by atoms with Crippen LogP contribution in [0.15, 0.2) is 4.74 Å². The van der Waals surface area contributed by atoms with E-state index >= 15 is 0 Å². The monoisotopic (exact) mass is 150 g/mol.